The molecule has 220 valence electrons. The standard InChI is InChI=1S/C44H27NO2/c1-2-8-28(9-3-1)29-16-19-32(20-17-29)45(34-22-23-37-35-10-4-6-12-41(35)47-44(37)26-34)33-21-18-30-14-15-31-24-43-40(27-39(31)38(30)25-33)36-11-5-7-13-42(36)46-43/h1-27H. The Balaban J connectivity index is 1.19. The van der Waals surface area contributed by atoms with Gasteiger partial charge in [-0.15, -0.1) is 0 Å². The van der Waals surface area contributed by atoms with Gasteiger partial charge in [0.05, 0.1) is 0 Å². The monoisotopic (exact) mass is 601 g/mol. The molecule has 0 radical (unpaired) electrons. The Labute approximate surface area is 270 Å². The third-order valence-corrected chi connectivity index (χ3v) is 9.43. The lowest BCUT2D eigenvalue weighted by Gasteiger charge is -2.26. The van der Waals surface area contributed by atoms with Gasteiger partial charge in [-0.3, -0.25) is 0 Å². The zero-order valence-electron chi connectivity index (χ0n) is 25.4. The van der Waals surface area contributed by atoms with Crippen molar-refractivity contribution < 1.29 is 8.83 Å². The van der Waals surface area contributed by atoms with Crippen molar-refractivity contribution in [1.82, 2.24) is 0 Å². The zero-order valence-corrected chi connectivity index (χ0v) is 25.4. The van der Waals surface area contributed by atoms with E-state index in [0.717, 1.165) is 66.3 Å². The Hall–Kier alpha value is -6.32. The SMILES string of the molecule is c1ccc(-c2ccc(N(c3ccc4c(c3)oc3ccccc34)c3ccc4ccc5cc6oc7ccccc7c6cc5c4c3)cc2)cc1. The molecule has 47 heavy (non-hydrogen) atoms. The predicted molar refractivity (Wildman–Crippen MR) is 196 cm³/mol. The highest BCUT2D eigenvalue weighted by Gasteiger charge is 2.17. The third-order valence-electron chi connectivity index (χ3n) is 9.43. The lowest BCUT2D eigenvalue weighted by molar-refractivity contribution is 0.669. The molecule has 8 aromatic carbocycles. The van der Waals surface area contributed by atoms with Crippen molar-refractivity contribution in [3.63, 3.8) is 0 Å². The van der Waals surface area contributed by atoms with E-state index in [1.807, 2.05) is 24.3 Å². The van der Waals surface area contributed by atoms with Crippen molar-refractivity contribution in [1.29, 1.82) is 0 Å². The fraction of sp³-hybridized carbons (Fsp3) is 0. The molecule has 0 atom stereocenters. The maximum Gasteiger partial charge on any atom is 0.137 e. The van der Waals surface area contributed by atoms with Crippen LogP contribution in [0.2, 0.25) is 0 Å². The fourth-order valence-corrected chi connectivity index (χ4v) is 7.13. The lowest BCUT2D eigenvalue weighted by Crippen LogP contribution is -2.09. The van der Waals surface area contributed by atoms with E-state index in [2.05, 4.69) is 144 Å². The lowest BCUT2D eigenvalue weighted by atomic mass is 9.98. The third kappa shape index (κ3) is 4.14. The van der Waals surface area contributed by atoms with E-state index < -0.39 is 0 Å². The van der Waals surface area contributed by atoms with E-state index in [9.17, 15) is 0 Å². The maximum absolute atomic E-state index is 6.35. The van der Waals surface area contributed by atoms with Gasteiger partial charge in [0.25, 0.3) is 0 Å². The van der Waals surface area contributed by atoms with Gasteiger partial charge in [0.15, 0.2) is 0 Å². The molecule has 0 aliphatic rings. The number of furan rings is 2. The van der Waals surface area contributed by atoms with Crippen LogP contribution in [0.1, 0.15) is 0 Å². The van der Waals surface area contributed by atoms with E-state index >= 15 is 0 Å². The largest absolute Gasteiger partial charge is 0.456 e. The Morgan fingerprint density at radius 2 is 0.830 bits per heavy atom. The van der Waals surface area contributed by atoms with Crippen LogP contribution in [0.15, 0.2) is 173 Å². The molecule has 0 bridgehead atoms. The summed E-state index contributed by atoms with van der Waals surface area (Å²) in [5, 5.41) is 9.27. The van der Waals surface area contributed by atoms with Gasteiger partial charge in [-0.1, -0.05) is 97.1 Å². The van der Waals surface area contributed by atoms with Gasteiger partial charge in [0.1, 0.15) is 22.3 Å². The van der Waals surface area contributed by atoms with Crippen LogP contribution in [0, 0.1) is 0 Å². The quantitative estimate of drug-likeness (QED) is 0.188. The molecule has 0 aliphatic carbocycles. The molecule has 0 spiro atoms. The molecule has 0 N–H and O–H groups in total. The van der Waals surface area contributed by atoms with Gasteiger partial charge in [-0.05, 0) is 93.3 Å². The molecule has 2 aromatic heterocycles. The maximum atomic E-state index is 6.35. The molecule has 0 aliphatic heterocycles. The number of hydrogen-bond acceptors (Lipinski definition) is 3. The van der Waals surface area contributed by atoms with E-state index in [1.54, 1.807) is 0 Å². The predicted octanol–water partition coefficient (Wildman–Crippen LogP) is 12.9. The van der Waals surface area contributed by atoms with Crippen LogP contribution < -0.4 is 4.90 Å². The number of anilines is 3. The molecule has 0 fully saturated rings. The van der Waals surface area contributed by atoms with Crippen LogP contribution in [0.25, 0.3) is 76.5 Å². The summed E-state index contributed by atoms with van der Waals surface area (Å²) in [7, 11) is 0. The minimum atomic E-state index is 0.870. The Morgan fingerprint density at radius 3 is 1.62 bits per heavy atom. The molecule has 10 aromatic rings. The second kappa shape index (κ2) is 10.1. The molecule has 3 nitrogen and oxygen atoms in total. The van der Waals surface area contributed by atoms with Crippen molar-refractivity contribution in [2.75, 3.05) is 4.90 Å². The minimum Gasteiger partial charge on any atom is -0.456 e. The van der Waals surface area contributed by atoms with Gasteiger partial charge >= 0.3 is 0 Å². The normalized spacial score (nSPS) is 11.8. The average Bonchev–Trinajstić information content (AvgIpc) is 3.69. The smallest absolute Gasteiger partial charge is 0.137 e. The van der Waals surface area contributed by atoms with Crippen LogP contribution in [0.5, 0.6) is 0 Å². The Bertz CT molecular complexity index is 2790. The molecular weight excluding hydrogens is 574 g/mol. The summed E-state index contributed by atoms with van der Waals surface area (Å²) in [6.45, 7) is 0. The molecule has 0 saturated heterocycles. The second-order valence-electron chi connectivity index (χ2n) is 12.2. The van der Waals surface area contributed by atoms with Crippen molar-refractivity contribution in [3.8, 4) is 11.1 Å². The van der Waals surface area contributed by atoms with Crippen molar-refractivity contribution in [2.45, 2.75) is 0 Å². The highest BCUT2D eigenvalue weighted by Crippen LogP contribution is 2.42. The van der Waals surface area contributed by atoms with Crippen LogP contribution in [0.4, 0.5) is 17.1 Å². The summed E-state index contributed by atoms with van der Waals surface area (Å²) in [6, 6.07) is 58.0. The first-order valence-electron chi connectivity index (χ1n) is 15.9. The molecule has 2 heterocycles. The number of hydrogen-bond donors (Lipinski definition) is 0. The number of nitrogens with zero attached hydrogens (tertiary/aromatic N) is 1. The van der Waals surface area contributed by atoms with Gasteiger partial charge < -0.3 is 13.7 Å². The molecule has 0 amide bonds. The fourth-order valence-electron chi connectivity index (χ4n) is 7.13. The van der Waals surface area contributed by atoms with Crippen molar-refractivity contribution in [3.05, 3.63) is 164 Å². The summed E-state index contributed by atoms with van der Waals surface area (Å²) < 4.78 is 12.6. The van der Waals surface area contributed by atoms with E-state index in [0.29, 0.717) is 0 Å². The molecule has 0 saturated carbocycles. The Kier molecular flexibility index (Phi) is 5.57. The van der Waals surface area contributed by atoms with Crippen LogP contribution in [-0.4, -0.2) is 0 Å². The van der Waals surface area contributed by atoms with E-state index in [4.69, 9.17) is 8.83 Å². The topological polar surface area (TPSA) is 29.5 Å². The van der Waals surface area contributed by atoms with Gasteiger partial charge in [0.2, 0.25) is 0 Å². The van der Waals surface area contributed by atoms with Gasteiger partial charge in [-0.25, -0.2) is 0 Å². The first kappa shape index (κ1) is 26.0. The summed E-state index contributed by atoms with van der Waals surface area (Å²) in [6.07, 6.45) is 0. The molecule has 10 rings (SSSR count). The summed E-state index contributed by atoms with van der Waals surface area (Å²) in [5.74, 6) is 0. The van der Waals surface area contributed by atoms with Crippen LogP contribution in [-0.2, 0) is 0 Å². The number of rotatable bonds is 4. The zero-order chi connectivity index (χ0) is 30.9. The summed E-state index contributed by atoms with van der Waals surface area (Å²) in [4.78, 5) is 2.32. The Morgan fingerprint density at radius 1 is 0.298 bits per heavy atom. The first-order valence-corrected chi connectivity index (χ1v) is 15.9. The van der Waals surface area contributed by atoms with E-state index in [1.165, 1.54) is 27.3 Å². The number of para-hydroxylation sites is 2. The first-order chi connectivity index (χ1) is 23.3. The van der Waals surface area contributed by atoms with Gasteiger partial charge in [0, 0.05) is 44.7 Å². The molecule has 0 unspecified atom stereocenters. The average molecular weight is 602 g/mol. The summed E-state index contributed by atoms with van der Waals surface area (Å²) >= 11 is 0. The number of fused-ring (bicyclic) bond motifs is 9. The second-order valence-corrected chi connectivity index (χ2v) is 12.2. The van der Waals surface area contributed by atoms with Crippen LogP contribution >= 0.6 is 0 Å². The molecule has 3 heteroatoms. The van der Waals surface area contributed by atoms with E-state index in [-0.39, 0.29) is 0 Å². The van der Waals surface area contributed by atoms with Crippen molar-refractivity contribution >= 4 is 82.5 Å². The minimum absolute atomic E-state index is 0.870. The van der Waals surface area contributed by atoms with Crippen molar-refractivity contribution in [2.24, 2.45) is 0 Å². The summed E-state index contributed by atoms with van der Waals surface area (Å²) in [5.41, 5.74) is 9.15. The van der Waals surface area contributed by atoms with Gasteiger partial charge in [-0.2, -0.15) is 0 Å². The highest BCUT2D eigenvalue weighted by molar-refractivity contribution is 6.17. The van der Waals surface area contributed by atoms with Crippen LogP contribution in [0.3, 0.4) is 0 Å². The number of benzene rings is 8. The molecular formula is C44H27NO2. The highest BCUT2D eigenvalue weighted by atomic mass is 16.3.